The number of alkyl halides is 2. The summed E-state index contributed by atoms with van der Waals surface area (Å²) in [6.07, 6.45) is 1.03. The molecule has 0 aliphatic heterocycles. The first-order valence-corrected chi connectivity index (χ1v) is 8.10. The van der Waals surface area contributed by atoms with E-state index >= 15 is 0 Å². The maximum atomic E-state index is 12.4. The average molecular weight is 193 g/mol. The Kier molecular flexibility index (Phi) is 2.59. The van der Waals surface area contributed by atoms with Gasteiger partial charge in [0.2, 0.25) is 0 Å². The Labute approximate surface area is 73.5 Å². The summed E-state index contributed by atoms with van der Waals surface area (Å²) in [7, 11) is -1.10. The van der Waals surface area contributed by atoms with E-state index in [4.69, 9.17) is 0 Å². The molecular weight excluding hydrogens is 176 g/mol. The summed E-state index contributed by atoms with van der Waals surface area (Å²) < 4.78 is 24.8. The van der Waals surface area contributed by atoms with Gasteiger partial charge in [-0.1, -0.05) is 19.6 Å². The average Bonchev–Trinajstić information content (AvgIpc) is 1.76. The molecule has 1 saturated carbocycles. The van der Waals surface area contributed by atoms with Gasteiger partial charge in [0.1, 0.15) is 0 Å². The van der Waals surface area contributed by atoms with Crippen LogP contribution in [0.1, 0.15) is 12.8 Å². The topological polar surface area (TPSA) is 12.0 Å². The fourth-order valence-corrected chi connectivity index (χ4v) is 2.16. The molecule has 72 valence electrons. The smallest absolute Gasteiger partial charge is 0.251 e. The Balaban J connectivity index is 2.12. The summed E-state index contributed by atoms with van der Waals surface area (Å²) in [6, 6.07) is 0.0757. The van der Waals surface area contributed by atoms with Crippen LogP contribution < -0.4 is 5.32 Å². The molecule has 1 aliphatic carbocycles. The van der Waals surface area contributed by atoms with Crippen LogP contribution >= 0.6 is 0 Å². The van der Waals surface area contributed by atoms with E-state index in [0.29, 0.717) is 0 Å². The second-order valence-electron chi connectivity index (χ2n) is 4.90. The highest BCUT2D eigenvalue weighted by Gasteiger charge is 2.45. The fourth-order valence-electron chi connectivity index (χ4n) is 1.26. The Morgan fingerprint density at radius 1 is 1.33 bits per heavy atom. The predicted molar refractivity (Wildman–Crippen MR) is 49.3 cm³/mol. The lowest BCUT2D eigenvalue weighted by atomic mass is 9.88. The number of halogens is 2. The van der Waals surface area contributed by atoms with Crippen LogP contribution in [0.25, 0.3) is 0 Å². The molecule has 0 atom stereocenters. The van der Waals surface area contributed by atoms with Crippen LogP contribution in [-0.2, 0) is 0 Å². The third-order valence-electron chi connectivity index (χ3n) is 2.01. The van der Waals surface area contributed by atoms with Crippen molar-refractivity contribution in [1.82, 2.24) is 5.32 Å². The molecule has 12 heavy (non-hydrogen) atoms. The first kappa shape index (κ1) is 10.1. The van der Waals surface area contributed by atoms with Gasteiger partial charge in [0.05, 0.1) is 8.07 Å². The number of hydrogen-bond donors (Lipinski definition) is 1. The lowest BCUT2D eigenvalue weighted by Gasteiger charge is -2.36. The summed E-state index contributed by atoms with van der Waals surface area (Å²) in [5, 5.41) is 3.20. The fraction of sp³-hybridized carbons (Fsp3) is 1.00. The minimum absolute atomic E-state index is 0.0392. The Bertz CT molecular complexity index is 157. The van der Waals surface area contributed by atoms with Crippen LogP contribution in [0.4, 0.5) is 8.78 Å². The quantitative estimate of drug-likeness (QED) is 0.678. The molecular formula is C8H17F2NSi. The molecule has 0 radical (unpaired) electrons. The first-order valence-electron chi connectivity index (χ1n) is 4.40. The van der Waals surface area contributed by atoms with Crippen molar-refractivity contribution in [3.63, 3.8) is 0 Å². The second kappa shape index (κ2) is 3.07. The molecule has 0 heterocycles. The second-order valence-corrected chi connectivity index (χ2v) is 10.4. The zero-order valence-electron chi connectivity index (χ0n) is 7.95. The van der Waals surface area contributed by atoms with Gasteiger partial charge in [0, 0.05) is 18.9 Å². The van der Waals surface area contributed by atoms with Gasteiger partial charge in [-0.15, -0.1) is 0 Å². The minimum Gasteiger partial charge on any atom is -0.316 e. The molecule has 1 aliphatic rings. The zero-order chi connectivity index (χ0) is 9.41. The Hall–Kier alpha value is 0.0369. The molecule has 4 heteroatoms. The summed E-state index contributed by atoms with van der Waals surface area (Å²) in [5.41, 5.74) is 0. The molecule has 1 fully saturated rings. The van der Waals surface area contributed by atoms with Crippen molar-refractivity contribution < 1.29 is 8.78 Å². The molecule has 0 spiro atoms. The third-order valence-corrected chi connectivity index (χ3v) is 3.28. The van der Waals surface area contributed by atoms with E-state index in [1.165, 1.54) is 0 Å². The molecule has 0 unspecified atom stereocenters. The molecule has 1 nitrogen and oxygen atoms in total. The normalized spacial score (nSPS) is 23.8. The van der Waals surface area contributed by atoms with Crippen molar-refractivity contribution >= 4 is 8.07 Å². The molecule has 0 aromatic rings. The molecule has 0 aromatic heterocycles. The van der Waals surface area contributed by atoms with Gasteiger partial charge >= 0.3 is 0 Å². The van der Waals surface area contributed by atoms with Crippen molar-refractivity contribution in [1.29, 1.82) is 0 Å². The maximum absolute atomic E-state index is 12.4. The molecule has 1 N–H and O–H groups in total. The minimum atomic E-state index is -2.38. The maximum Gasteiger partial charge on any atom is 0.251 e. The van der Waals surface area contributed by atoms with Crippen molar-refractivity contribution in [3.8, 4) is 0 Å². The number of rotatable bonds is 3. The van der Waals surface area contributed by atoms with Crippen molar-refractivity contribution in [2.24, 2.45) is 0 Å². The van der Waals surface area contributed by atoms with Crippen LogP contribution in [0.15, 0.2) is 0 Å². The highest BCUT2D eigenvalue weighted by molar-refractivity contribution is 6.76. The van der Waals surface area contributed by atoms with Gasteiger partial charge in [0.15, 0.2) is 0 Å². The molecule has 0 aromatic carbocycles. The molecule has 0 bridgehead atoms. The SMILES string of the molecule is C[Si](C)(C)CNC1CC(F)(F)C1. The lowest BCUT2D eigenvalue weighted by molar-refractivity contribution is -0.0916. The van der Waals surface area contributed by atoms with Crippen LogP contribution in [0.2, 0.25) is 19.6 Å². The van der Waals surface area contributed by atoms with E-state index in [1.807, 2.05) is 0 Å². The monoisotopic (exact) mass is 193 g/mol. The highest BCUT2D eigenvalue weighted by atomic mass is 28.3. The van der Waals surface area contributed by atoms with E-state index in [-0.39, 0.29) is 18.9 Å². The van der Waals surface area contributed by atoms with E-state index in [9.17, 15) is 8.78 Å². The Morgan fingerprint density at radius 2 is 1.83 bits per heavy atom. The number of hydrogen-bond acceptors (Lipinski definition) is 1. The summed E-state index contributed by atoms with van der Waals surface area (Å²) in [5.74, 6) is -2.38. The van der Waals surface area contributed by atoms with Gasteiger partial charge < -0.3 is 5.32 Å². The highest BCUT2D eigenvalue weighted by Crippen LogP contribution is 2.37. The van der Waals surface area contributed by atoms with E-state index in [0.717, 1.165) is 6.17 Å². The van der Waals surface area contributed by atoms with Crippen LogP contribution in [0, 0.1) is 0 Å². The molecule has 0 saturated heterocycles. The van der Waals surface area contributed by atoms with E-state index in [2.05, 4.69) is 25.0 Å². The summed E-state index contributed by atoms with van der Waals surface area (Å²) in [6.45, 7) is 6.70. The third kappa shape index (κ3) is 3.19. The van der Waals surface area contributed by atoms with Crippen molar-refractivity contribution in [2.75, 3.05) is 6.17 Å². The van der Waals surface area contributed by atoms with Gasteiger partial charge in [0.25, 0.3) is 5.92 Å². The van der Waals surface area contributed by atoms with E-state index in [1.54, 1.807) is 0 Å². The van der Waals surface area contributed by atoms with Gasteiger partial charge in [-0.25, -0.2) is 8.78 Å². The van der Waals surface area contributed by atoms with Crippen LogP contribution in [0.3, 0.4) is 0 Å². The van der Waals surface area contributed by atoms with E-state index < -0.39 is 14.0 Å². The van der Waals surface area contributed by atoms with Gasteiger partial charge in [-0.2, -0.15) is 0 Å². The van der Waals surface area contributed by atoms with Crippen molar-refractivity contribution in [2.45, 2.75) is 44.4 Å². The van der Waals surface area contributed by atoms with Crippen LogP contribution in [0.5, 0.6) is 0 Å². The number of nitrogens with one attached hydrogen (secondary N) is 1. The molecule has 1 rings (SSSR count). The zero-order valence-corrected chi connectivity index (χ0v) is 8.95. The first-order chi connectivity index (χ1) is 5.29. The van der Waals surface area contributed by atoms with Gasteiger partial charge in [-0.3, -0.25) is 0 Å². The predicted octanol–water partition coefficient (Wildman–Crippen LogP) is 2.25. The standard InChI is InChI=1S/C8H17F2NSi/c1-12(2,3)6-11-7-4-8(9,10)5-7/h7,11H,4-6H2,1-3H3. The lowest BCUT2D eigenvalue weighted by Crippen LogP contribution is -2.52. The largest absolute Gasteiger partial charge is 0.316 e. The van der Waals surface area contributed by atoms with Crippen molar-refractivity contribution in [3.05, 3.63) is 0 Å². The van der Waals surface area contributed by atoms with Crippen LogP contribution in [-0.4, -0.2) is 26.2 Å². The summed E-state index contributed by atoms with van der Waals surface area (Å²) >= 11 is 0. The molecule has 0 amide bonds. The Morgan fingerprint density at radius 3 is 2.17 bits per heavy atom. The van der Waals surface area contributed by atoms with Gasteiger partial charge in [-0.05, 0) is 6.17 Å². The summed E-state index contributed by atoms with van der Waals surface area (Å²) in [4.78, 5) is 0.